The molecule has 1 N–H and O–H groups in total. The number of hydrogen-bond donors (Lipinski definition) is 1. The smallest absolute Gasteiger partial charge is 0.197 e. The molecule has 1 heterocycles. The summed E-state index contributed by atoms with van der Waals surface area (Å²) in [5.74, 6) is 0.648. The second-order valence-electron chi connectivity index (χ2n) is 6.08. The van der Waals surface area contributed by atoms with Gasteiger partial charge in [0.1, 0.15) is 34.8 Å². The average Bonchev–Trinajstić information content (AvgIpc) is 2.66. The third-order valence-corrected chi connectivity index (χ3v) is 4.37. The highest BCUT2D eigenvalue weighted by Crippen LogP contribution is 2.31. The lowest BCUT2D eigenvalue weighted by Gasteiger charge is -2.09. The van der Waals surface area contributed by atoms with Crippen molar-refractivity contribution in [2.75, 3.05) is 0 Å². The van der Waals surface area contributed by atoms with Crippen molar-refractivity contribution in [3.05, 3.63) is 93.6 Å². The van der Waals surface area contributed by atoms with E-state index in [1.807, 2.05) is 42.5 Å². The SMILES string of the molecule is O=c1cc(-c2ccccc2)oc2cc(OCc3cccc(Cl)c3)cc(O)c12. The van der Waals surface area contributed by atoms with E-state index in [1.54, 1.807) is 18.2 Å². The third-order valence-electron chi connectivity index (χ3n) is 4.14. The predicted molar refractivity (Wildman–Crippen MR) is 105 cm³/mol. The molecule has 0 unspecified atom stereocenters. The summed E-state index contributed by atoms with van der Waals surface area (Å²) in [6.07, 6.45) is 0. The van der Waals surface area contributed by atoms with Gasteiger partial charge in [0.15, 0.2) is 5.43 Å². The summed E-state index contributed by atoms with van der Waals surface area (Å²) in [5.41, 5.74) is 1.62. The van der Waals surface area contributed by atoms with Crippen LogP contribution in [0.2, 0.25) is 5.02 Å². The zero-order valence-electron chi connectivity index (χ0n) is 14.2. The molecule has 0 radical (unpaired) electrons. The number of phenolic OH excluding ortho intramolecular Hbond substituents is 1. The van der Waals surface area contributed by atoms with Gasteiger partial charge in [-0.2, -0.15) is 0 Å². The normalized spacial score (nSPS) is 10.9. The van der Waals surface area contributed by atoms with Crippen molar-refractivity contribution in [1.29, 1.82) is 0 Å². The minimum absolute atomic E-state index is 0.129. The molecule has 1 aromatic heterocycles. The lowest BCUT2D eigenvalue weighted by atomic mass is 10.1. The van der Waals surface area contributed by atoms with Crippen LogP contribution in [0.25, 0.3) is 22.3 Å². The van der Waals surface area contributed by atoms with Crippen LogP contribution < -0.4 is 10.2 Å². The van der Waals surface area contributed by atoms with Crippen LogP contribution in [0.3, 0.4) is 0 Å². The third kappa shape index (κ3) is 3.66. The summed E-state index contributed by atoms with van der Waals surface area (Å²) in [5, 5.41) is 11.0. The summed E-state index contributed by atoms with van der Waals surface area (Å²) < 4.78 is 11.6. The van der Waals surface area contributed by atoms with Gasteiger partial charge in [0, 0.05) is 28.8 Å². The van der Waals surface area contributed by atoms with Crippen LogP contribution in [0.1, 0.15) is 5.56 Å². The van der Waals surface area contributed by atoms with Gasteiger partial charge in [-0.05, 0) is 17.7 Å². The molecule has 4 rings (SSSR count). The maximum Gasteiger partial charge on any atom is 0.197 e. The van der Waals surface area contributed by atoms with E-state index in [-0.39, 0.29) is 28.8 Å². The van der Waals surface area contributed by atoms with Crippen molar-refractivity contribution in [3.8, 4) is 22.8 Å². The van der Waals surface area contributed by atoms with Crippen LogP contribution in [0.5, 0.6) is 11.5 Å². The molecule has 4 nitrogen and oxygen atoms in total. The van der Waals surface area contributed by atoms with E-state index in [4.69, 9.17) is 20.8 Å². The molecular formula is C22H15ClO4. The molecule has 0 atom stereocenters. The van der Waals surface area contributed by atoms with Gasteiger partial charge in [-0.25, -0.2) is 0 Å². The number of halogens is 1. The van der Waals surface area contributed by atoms with Gasteiger partial charge < -0.3 is 14.3 Å². The molecule has 5 heteroatoms. The maximum absolute atomic E-state index is 12.4. The molecule has 3 aromatic carbocycles. The Labute approximate surface area is 160 Å². The first-order valence-corrected chi connectivity index (χ1v) is 8.71. The predicted octanol–water partition coefficient (Wildman–Crippen LogP) is 5.40. The van der Waals surface area contributed by atoms with Gasteiger partial charge in [0.25, 0.3) is 0 Å². The zero-order chi connectivity index (χ0) is 18.8. The molecular weight excluding hydrogens is 364 g/mol. The highest BCUT2D eigenvalue weighted by Gasteiger charge is 2.13. The summed E-state index contributed by atoms with van der Waals surface area (Å²) >= 11 is 5.98. The van der Waals surface area contributed by atoms with Crippen LogP contribution in [0, 0.1) is 0 Å². The van der Waals surface area contributed by atoms with E-state index >= 15 is 0 Å². The Kier molecular flexibility index (Phi) is 4.57. The Morgan fingerprint density at radius 3 is 2.56 bits per heavy atom. The molecule has 0 spiro atoms. The monoisotopic (exact) mass is 378 g/mol. The van der Waals surface area contributed by atoms with E-state index in [9.17, 15) is 9.90 Å². The molecule has 0 aliphatic heterocycles. The van der Waals surface area contributed by atoms with E-state index in [2.05, 4.69) is 0 Å². The first kappa shape index (κ1) is 17.2. The molecule has 4 aromatic rings. The fourth-order valence-corrected chi connectivity index (χ4v) is 3.08. The molecule has 0 saturated carbocycles. The van der Waals surface area contributed by atoms with Crippen molar-refractivity contribution >= 4 is 22.6 Å². The van der Waals surface area contributed by atoms with E-state index in [0.717, 1.165) is 11.1 Å². The molecule has 0 bridgehead atoms. The second kappa shape index (κ2) is 7.17. The average molecular weight is 379 g/mol. The topological polar surface area (TPSA) is 59.7 Å². The van der Waals surface area contributed by atoms with Crippen molar-refractivity contribution in [3.63, 3.8) is 0 Å². The largest absolute Gasteiger partial charge is 0.507 e. The number of hydrogen-bond acceptors (Lipinski definition) is 4. The standard InChI is InChI=1S/C22H15ClO4/c23-16-8-4-5-14(9-16)13-26-17-10-18(24)22-19(25)12-20(27-21(22)11-17)15-6-2-1-3-7-15/h1-12,24H,13H2. The van der Waals surface area contributed by atoms with Gasteiger partial charge in [-0.1, -0.05) is 54.1 Å². The van der Waals surface area contributed by atoms with Crippen LogP contribution in [-0.2, 0) is 6.61 Å². The number of benzene rings is 3. The molecule has 0 aliphatic rings. The Bertz CT molecular complexity index is 1170. The number of phenols is 1. The fraction of sp³-hybridized carbons (Fsp3) is 0.0455. The first-order chi connectivity index (χ1) is 13.1. The minimum Gasteiger partial charge on any atom is -0.507 e. The van der Waals surface area contributed by atoms with Crippen LogP contribution in [0.15, 0.2) is 82.0 Å². The van der Waals surface area contributed by atoms with E-state index < -0.39 is 0 Å². The summed E-state index contributed by atoms with van der Waals surface area (Å²) in [7, 11) is 0. The number of aromatic hydroxyl groups is 1. The highest BCUT2D eigenvalue weighted by atomic mass is 35.5. The molecule has 0 aliphatic carbocycles. The van der Waals surface area contributed by atoms with E-state index in [0.29, 0.717) is 16.5 Å². The number of rotatable bonds is 4. The van der Waals surface area contributed by atoms with Gasteiger partial charge >= 0.3 is 0 Å². The molecule has 27 heavy (non-hydrogen) atoms. The summed E-state index contributed by atoms with van der Waals surface area (Å²) in [4.78, 5) is 12.4. The van der Waals surface area contributed by atoms with Crippen LogP contribution in [0.4, 0.5) is 0 Å². The van der Waals surface area contributed by atoms with Crippen LogP contribution >= 0.6 is 11.6 Å². The maximum atomic E-state index is 12.4. The summed E-state index contributed by atoms with van der Waals surface area (Å²) in [6, 6.07) is 21.0. The van der Waals surface area contributed by atoms with Crippen molar-refractivity contribution in [1.82, 2.24) is 0 Å². The number of ether oxygens (including phenoxy) is 1. The highest BCUT2D eigenvalue weighted by molar-refractivity contribution is 6.30. The Morgan fingerprint density at radius 1 is 0.963 bits per heavy atom. The van der Waals surface area contributed by atoms with Gasteiger partial charge in [-0.15, -0.1) is 0 Å². The van der Waals surface area contributed by atoms with Gasteiger partial charge in [0.05, 0.1) is 0 Å². The molecule has 134 valence electrons. The van der Waals surface area contributed by atoms with Crippen molar-refractivity contribution < 1.29 is 14.3 Å². The van der Waals surface area contributed by atoms with Gasteiger partial charge in [0.2, 0.25) is 0 Å². The quantitative estimate of drug-likeness (QED) is 0.516. The first-order valence-electron chi connectivity index (χ1n) is 8.34. The second-order valence-corrected chi connectivity index (χ2v) is 6.51. The van der Waals surface area contributed by atoms with Crippen molar-refractivity contribution in [2.24, 2.45) is 0 Å². The minimum atomic E-state index is -0.311. The Morgan fingerprint density at radius 2 is 1.78 bits per heavy atom. The Balaban J connectivity index is 1.72. The molecule has 0 amide bonds. The van der Waals surface area contributed by atoms with Crippen LogP contribution in [-0.4, -0.2) is 5.11 Å². The van der Waals surface area contributed by atoms with E-state index in [1.165, 1.54) is 12.1 Å². The molecule has 0 saturated heterocycles. The van der Waals surface area contributed by atoms with Crippen molar-refractivity contribution in [2.45, 2.75) is 6.61 Å². The Hall–Kier alpha value is -3.24. The number of fused-ring (bicyclic) bond motifs is 1. The molecule has 0 fully saturated rings. The fourth-order valence-electron chi connectivity index (χ4n) is 2.86. The zero-order valence-corrected chi connectivity index (χ0v) is 14.9. The summed E-state index contributed by atoms with van der Waals surface area (Å²) in [6.45, 7) is 0.272. The lowest BCUT2D eigenvalue weighted by Crippen LogP contribution is -2.02. The van der Waals surface area contributed by atoms with Gasteiger partial charge in [-0.3, -0.25) is 4.79 Å². The lowest BCUT2D eigenvalue weighted by molar-refractivity contribution is 0.304.